The van der Waals surface area contributed by atoms with Crippen LogP contribution in [-0.4, -0.2) is 10.1 Å². The van der Waals surface area contributed by atoms with Gasteiger partial charge in [0.15, 0.2) is 0 Å². The molecule has 17 heavy (non-hydrogen) atoms. The summed E-state index contributed by atoms with van der Waals surface area (Å²) in [5, 5.41) is 13.1. The highest BCUT2D eigenvalue weighted by molar-refractivity contribution is 5.85. The van der Waals surface area contributed by atoms with Crippen LogP contribution in [0.4, 0.5) is 0 Å². The molecule has 0 saturated heterocycles. The summed E-state index contributed by atoms with van der Waals surface area (Å²) in [6.45, 7) is 4.09. The summed E-state index contributed by atoms with van der Waals surface area (Å²) in [6.07, 6.45) is 5.83. The quantitative estimate of drug-likeness (QED) is 0.854. The summed E-state index contributed by atoms with van der Waals surface area (Å²) in [5.41, 5.74) is 0.259. The summed E-state index contributed by atoms with van der Waals surface area (Å²) in [7, 11) is 0. The third kappa shape index (κ3) is 1.48. The minimum Gasteiger partial charge on any atom is -0.385 e. The van der Waals surface area contributed by atoms with Gasteiger partial charge in [-0.15, -0.1) is 0 Å². The highest BCUT2D eigenvalue weighted by Gasteiger charge is 2.53. The van der Waals surface area contributed by atoms with Crippen molar-refractivity contribution in [1.82, 2.24) is 4.98 Å². The topological polar surface area (TPSA) is 33.1 Å². The van der Waals surface area contributed by atoms with Crippen LogP contribution in [-0.2, 0) is 5.60 Å². The molecule has 88 valence electrons. The van der Waals surface area contributed by atoms with E-state index in [0.29, 0.717) is 0 Å². The molecule has 2 aromatic rings. The molecule has 1 unspecified atom stereocenters. The number of aliphatic hydroxyl groups is 1. The predicted octanol–water partition coefficient (Wildman–Crippen LogP) is 3.24. The molecule has 0 amide bonds. The van der Waals surface area contributed by atoms with Gasteiger partial charge < -0.3 is 5.11 Å². The van der Waals surface area contributed by atoms with Gasteiger partial charge >= 0.3 is 0 Å². The zero-order valence-electron chi connectivity index (χ0n) is 10.3. The molecular weight excluding hydrogens is 210 g/mol. The Morgan fingerprint density at radius 3 is 2.76 bits per heavy atom. The first kappa shape index (κ1) is 10.7. The first-order valence-electron chi connectivity index (χ1n) is 6.10. The molecule has 1 aliphatic rings. The standard InChI is InChI=1S/C15H17NO/c1-14(7-8-14)15(2,17)13-5-3-4-11-6-9-16-10-12(11)13/h3-6,9-10,17H,7-8H2,1-2H3. The van der Waals surface area contributed by atoms with E-state index in [-0.39, 0.29) is 5.41 Å². The van der Waals surface area contributed by atoms with Gasteiger partial charge in [0.1, 0.15) is 0 Å². The van der Waals surface area contributed by atoms with Crippen molar-refractivity contribution in [2.45, 2.75) is 32.3 Å². The van der Waals surface area contributed by atoms with Crippen molar-refractivity contribution in [3.8, 4) is 0 Å². The van der Waals surface area contributed by atoms with Gasteiger partial charge in [-0.3, -0.25) is 4.98 Å². The molecule has 2 heteroatoms. The summed E-state index contributed by atoms with van der Waals surface area (Å²) < 4.78 is 0. The van der Waals surface area contributed by atoms with Crippen molar-refractivity contribution >= 4 is 10.8 Å². The third-order valence-corrected chi connectivity index (χ3v) is 4.38. The van der Waals surface area contributed by atoms with E-state index >= 15 is 0 Å². The first-order chi connectivity index (χ1) is 8.05. The SMILES string of the molecule is CC1(C(C)(O)c2cccc3ccncc23)CC1. The number of nitrogens with zero attached hydrogens (tertiary/aromatic N) is 1. The highest BCUT2D eigenvalue weighted by Crippen LogP contribution is 2.58. The van der Waals surface area contributed by atoms with Crippen LogP contribution in [0.15, 0.2) is 36.7 Å². The molecular formula is C15H17NO. The molecule has 1 aromatic carbocycles. The summed E-state index contributed by atoms with van der Waals surface area (Å²) in [4.78, 5) is 4.18. The van der Waals surface area contributed by atoms with Gasteiger partial charge in [-0.1, -0.05) is 25.1 Å². The minimum absolute atomic E-state index is 0.0249. The van der Waals surface area contributed by atoms with Crippen molar-refractivity contribution in [2.24, 2.45) is 5.41 Å². The molecule has 3 rings (SSSR count). The largest absolute Gasteiger partial charge is 0.385 e. The lowest BCUT2D eigenvalue weighted by Crippen LogP contribution is -2.31. The predicted molar refractivity (Wildman–Crippen MR) is 68.7 cm³/mol. The fraction of sp³-hybridized carbons (Fsp3) is 0.400. The van der Waals surface area contributed by atoms with E-state index in [0.717, 1.165) is 29.2 Å². The van der Waals surface area contributed by atoms with Gasteiger partial charge in [-0.05, 0) is 36.8 Å². The summed E-state index contributed by atoms with van der Waals surface area (Å²) >= 11 is 0. The molecule has 1 N–H and O–H groups in total. The molecule has 1 fully saturated rings. The Bertz CT molecular complexity index is 565. The van der Waals surface area contributed by atoms with Gasteiger partial charge in [0.2, 0.25) is 0 Å². The van der Waals surface area contributed by atoms with Gasteiger partial charge in [-0.2, -0.15) is 0 Å². The highest BCUT2D eigenvalue weighted by atomic mass is 16.3. The average molecular weight is 227 g/mol. The molecule has 1 aromatic heterocycles. The van der Waals surface area contributed by atoms with Crippen LogP contribution in [0, 0.1) is 5.41 Å². The monoisotopic (exact) mass is 227 g/mol. The lowest BCUT2D eigenvalue weighted by atomic mass is 9.79. The molecule has 1 atom stereocenters. The van der Waals surface area contributed by atoms with E-state index < -0.39 is 5.60 Å². The summed E-state index contributed by atoms with van der Waals surface area (Å²) in [6, 6.07) is 8.08. The minimum atomic E-state index is -0.768. The molecule has 0 aliphatic heterocycles. The fourth-order valence-electron chi connectivity index (χ4n) is 2.54. The van der Waals surface area contributed by atoms with E-state index in [1.165, 1.54) is 0 Å². The Morgan fingerprint density at radius 1 is 1.29 bits per heavy atom. The number of rotatable bonds is 2. The van der Waals surface area contributed by atoms with E-state index in [1.54, 1.807) is 6.20 Å². The Kier molecular flexibility index (Phi) is 2.08. The van der Waals surface area contributed by atoms with Crippen molar-refractivity contribution in [3.63, 3.8) is 0 Å². The maximum Gasteiger partial charge on any atom is 0.0928 e. The zero-order chi connectivity index (χ0) is 12.1. The Morgan fingerprint density at radius 2 is 2.06 bits per heavy atom. The molecule has 0 spiro atoms. The van der Waals surface area contributed by atoms with Crippen molar-refractivity contribution in [2.75, 3.05) is 0 Å². The zero-order valence-corrected chi connectivity index (χ0v) is 10.3. The second kappa shape index (κ2) is 3.30. The molecule has 0 radical (unpaired) electrons. The first-order valence-corrected chi connectivity index (χ1v) is 6.10. The van der Waals surface area contributed by atoms with E-state index in [9.17, 15) is 5.11 Å². The van der Waals surface area contributed by atoms with Gasteiger partial charge in [-0.25, -0.2) is 0 Å². The number of benzene rings is 1. The number of fused-ring (bicyclic) bond motifs is 1. The molecule has 1 aliphatic carbocycles. The van der Waals surface area contributed by atoms with Gasteiger partial charge in [0.25, 0.3) is 0 Å². The van der Waals surface area contributed by atoms with Gasteiger partial charge in [0, 0.05) is 23.2 Å². The maximum absolute atomic E-state index is 10.9. The number of hydrogen-bond acceptors (Lipinski definition) is 2. The maximum atomic E-state index is 10.9. The lowest BCUT2D eigenvalue weighted by molar-refractivity contribution is -0.0112. The Balaban J connectivity index is 2.24. The van der Waals surface area contributed by atoms with Crippen LogP contribution in [0.25, 0.3) is 10.8 Å². The number of hydrogen-bond donors (Lipinski definition) is 1. The van der Waals surface area contributed by atoms with Crippen molar-refractivity contribution in [1.29, 1.82) is 0 Å². The Labute approximate surface area is 101 Å². The van der Waals surface area contributed by atoms with Crippen LogP contribution in [0.2, 0.25) is 0 Å². The molecule has 2 nitrogen and oxygen atoms in total. The van der Waals surface area contributed by atoms with E-state index in [2.05, 4.69) is 18.0 Å². The normalized spacial score (nSPS) is 21.1. The van der Waals surface area contributed by atoms with Gasteiger partial charge in [0.05, 0.1) is 5.60 Å². The van der Waals surface area contributed by atoms with Crippen molar-refractivity contribution in [3.05, 3.63) is 42.2 Å². The fourth-order valence-corrected chi connectivity index (χ4v) is 2.54. The number of pyridine rings is 1. The van der Waals surface area contributed by atoms with Crippen LogP contribution >= 0.6 is 0 Å². The van der Waals surface area contributed by atoms with Crippen LogP contribution < -0.4 is 0 Å². The summed E-state index contributed by atoms with van der Waals surface area (Å²) in [5.74, 6) is 0. The van der Waals surface area contributed by atoms with Crippen LogP contribution in [0.1, 0.15) is 32.3 Å². The lowest BCUT2D eigenvalue weighted by Gasteiger charge is -2.32. The van der Waals surface area contributed by atoms with Crippen LogP contribution in [0.3, 0.4) is 0 Å². The third-order valence-electron chi connectivity index (χ3n) is 4.38. The second-order valence-electron chi connectivity index (χ2n) is 5.54. The molecule has 1 heterocycles. The van der Waals surface area contributed by atoms with Crippen molar-refractivity contribution < 1.29 is 5.11 Å². The smallest absolute Gasteiger partial charge is 0.0928 e. The average Bonchev–Trinajstić information content (AvgIpc) is 3.08. The molecule has 0 bridgehead atoms. The van der Waals surface area contributed by atoms with Crippen LogP contribution in [0.5, 0.6) is 0 Å². The molecule has 1 saturated carbocycles. The van der Waals surface area contributed by atoms with E-state index in [1.807, 2.05) is 31.3 Å². The second-order valence-corrected chi connectivity index (χ2v) is 5.54. The number of aromatic nitrogens is 1. The van der Waals surface area contributed by atoms with E-state index in [4.69, 9.17) is 0 Å². The Hall–Kier alpha value is -1.41.